The van der Waals surface area contributed by atoms with Gasteiger partial charge in [-0.05, 0) is 43.1 Å². The lowest BCUT2D eigenvalue weighted by Crippen LogP contribution is -2.30. The van der Waals surface area contributed by atoms with Crippen molar-refractivity contribution in [3.63, 3.8) is 0 Å². The minimum absolute atomic E-state index is 0.121. The second-order valence-electron chi connectivity index (χ2n) is 5.29. The average molecular weight is 366 g/mol. The molecule has 0 radical (unpaired) electrons. The second kappa shape index (κ2) is 7.11. The average Bonchev–Trinajstić information content (AvgIpc) is 2.93. The van der Waals surface area contributed by atoms with Crippen LogP contribution in [0.1, 0.15) is 36.9 Å². The number of rotatable bonds is 5. The minimum atomic E-state index is -4.32. The number of hydrogen-bond donors (Lipinski definition) is 1. The summed E-state index contributed by atoms with van der Waals surface area (Å²) in [6.45, 7) is 4.07. The Morgan fingerprint density at radius 1 is 1.43 bits per heavy atom. The molecule has 1 N–H and O–H groups in total. The zero-order valence-electron chi connectivity index (χ0n) is 11.8. The van der Waals surface area contributed by atoms with Crippen LogP contribution in [-0.4, -0.2) is 19.8 Å². The van der Waals surface area contributed by atoms with Gasteiger partial charge in [0.2, 0.25) is 0 Å². The molecule has 1 aliphatic heterocycles. The molecule has 1 saturated heterocycles. The molecule has 118 valence electrons. The standard InChI is InChI=1S/C15H19BrF3NO/c1-2-6-20-14(10-5-7-21-9-10)12-8-11(15(17,18)19)3-4-13(12)16/h3-4,8,10,14,20H,2,5-7,9H2,1H3. The predicted octanol–water partition coefficient (Wildman–Crippen LogP) is 4.55. The first-order chi connectivity index (χ1) is 9.93. The van der Waals surface area contributed by atoms with Crippen LogP contribution in [0.2, 0.25) is 0 Å². The van der Waals surface area contributed by atoms with Gasteiger partial charge in [0.1, 0.15) is 0 Å². The molecule has 1 aromatic rings. The van der Waals surface area contributed by atoms with Gasteiger partial charge in [-0.2, -0.15) is 13.2 Å². The number of benzene rings is 1. The van der Waals surface area contributed by atoms with E-state index in [0.717, 1.165) is 25.5 Å². The van der Waals surface area contributed by atoms with Crippen molar-refractivity contribution >= 4 is 15.9 Å². The number of nitrogens with one attached hydrogen (secondary N) is 1. The van der Waals surface area contributed by atoms with Crippen molar-refractivity contribution in [3.8, 4) is 0 Å². The quantitative estimate of drug-likeness (QED) is 0.826. The number of alkyl halides is 3. The molecule has 2 atom stereocenters. The van der Waals surface area contributed by atoms with Crippen molar-refractivity contribution in [2.75, 3.05) is 19.8 Å². The van der Waals surface area contributed by atoms with Crippen LogP contribution in [0.15, 0.2) is 22.7 Å². The van der Waals surface area contributed by atoms with E-state index in [1.165, 1.54) is 12.1 Å². The summed E-state index contributed by atoms with van der Waals surface area (Å²) in [7, 11) is 0. The van der Waals surface area contributed by atoms with Crippen LogP contribution in [0.25, 0.3) is 0 Å². The zero-order valence-corrected chi connectivity index (χ0v) is 13.4. The molecule has 0 aliphatic carbocycles. The fourth-order valence-electron chi connectivity index (χ4n) is 2.60. The number of hydrogen-bond acceptors (Lipinski definition) is 2. The molecule has 0 bridgehead atoms. The van der Waals surface area contributed by atoms with Crippen LogP contribution in [0, 0.1) is 5.92 Å². The van der Waals surface area contributed by atoms with Crippen molar-refractivity contribution in [1.82, 2.24) is 5.32 Å². The summed E-state index contributed by atoms with van der Waals surface area (Å²) in [6.07, 6.45) is -2.53. The fourth-order valence-corrected chi connectivity index (χ4v) is 3.10. The Balaban J connectivity index is 2.33. The van der Waals surface area contributed by atoms with Gasteiger partial charge in [0.15, 0.2) is 0 Å². The first kappa shape index (κ1) is 16.8. The highest BCUT2D eigenvalue weighted by Gasteiger charge is 2.33. The van der Waals surface area contributed by atoms with Crippen molar-refractivity contribution in [2.24, 2.45) is 5.92 Å². The molecular weight excluding hydrogens is 347 g/mol. The smallest absolute Gasteiger partial charge is 0.381 e. The van der Waals surface area contributed by atoms with Crippen molar-refractivity contribution < 1.29 is 17.9 Å². The Labute approximate surface area is 131 Å². The van der Waals surface area contributed by atoms with E-state index in [1.807, 2.05) is 6.92 Å². The van der Waals surface area contributed by atoms with Crippen LogP contribution < -0.4 is 5.32 Å². The maximum atomic E-state index is 12.9. The Bertz CT molecular complexity index is 472. The molecule has 1 aromatic carbocycles. The van der Waals surface area contributed by atoms with E-state index in [-0.39, 0.29) is 12.0 Å². The van der Waals surface area contributed by atoms with E-state index in [1.54, 1.807) is 0 Å². The molecule has 1 heterocycles. The number of ether oxygens (including phenoxy) is 1. The summed E-state index contributed by atoms with van der Waals surface area (Å²) in [5, 5.41) is 3.37. The predicted molar refractivity (Wildman–Crippen MR) is 79.1 cm³/mol. The Morgan fingerprint density at radius 3 is 2.76 bits per heavy atom. The highest BCUT2D eigenvalue weighted by Crippen LogP contribution is 2.37. The molecule has 0 amide bonds. The van der Waals surface area contributed by atoms with Crippen molar-refractivity contribution in [2.45, 2.75) is 32.0 Å². The lowest BCUT2D eigenvalue weighted by Gasteiger charge is -2.26. The van der Waals surface area contributed by atoms with Crippen molar-refractivity contribution in [1.29, 1.82) is 0 Å². The fraction of sp³-hybridized carbons (Fsp3) is 0.600. The Kier molecular flexibility index (Phi) is 5.68. The van der Waals surface area contributed by atoms with Gasteiger partial charge < -0.3 is 10.1 Å². The molecule has 1 aliphatic rings. The molecule has 6 heteroatoms. The van der Waals surface area contributed by atoms with Gasteiger partial charge in [-0.25, -0.2) is 0 Å². The molecule has 0 aromatic heterocycles. The molecular formula is C15H19BrF3NO. The van der Waals surface area contributed by atoms with Crippen LogP contribution in [0.4, 0.5) is 13.2 Å². The van der Waals surface area contributed by atoms with Crippen LogP contribution in [0.5, 0.6) is 0 Å². The SMILES string of the molecule is CCCNC(c1cc(C(F)(F)F)ccc1Br)C1CCOC1. The van der Waals surface area contributed by atoms with Crippen molar-refractivity contribution in [3.05, 3.63) is 33.8 Å². The minimum Gasteiger partial charge on any atom is -0.381 e. The third-order valence-electron chi connectivity index (χ3n) is 3.71. The maximum absolute atomic E-state index is 12.9. The van der Waals surface area contributed by atoms with Gasteiger partial charge in [-0.3, -0.25) is 0 Å². The molecule has 0 saturated carbocycles. The van der Waals surface area contributed by atoms with Crippen LogP contribution in [-0.2, 0) is 10.9 Å². The lowest BCUT2D eigenvalue weighted by molar-refractivity contribution is -0.137. The van der Waals surface area contributed by atoms with E-state index in [0.29, 0.717) is 23.2 Å². The topological polar surface area (TPSA) is 21.3 Å². The summed E-state index contributed by atoms with van der Waals surface area (Å²) in [6, 6.07) is 3.71. The monoisotopic (exact) mass is 365 g/mol. The molecule has 2 unspecified atom stereocenters. The molecule has 21 heavy (non-hydrogen) atoms. The third-order valence-corrected chi connectivity index (χ3v) is 4.43. The molecule has 2 nitrogen and oxygen atoms in total. The highest BCUT2D eigenvalue weighted by atomic mass is 79.9. The van der Waals surface area contributed by atoms with E-state index in [4.69, 9.17) is 4.74 Å². The van der Waals surface area contributed by atoms with E-state index >= 15 is 0 Å². The Morgan fingerprint density at radius 2 is 2.19 bits per heavy atom. The largest absolute Gasteiger partial charge is 0.416 e. The van der Waals surface area contributed by atoms with Gasteiger partial charge in [0.05, 0.1) is 12.2 Å². The first-order valence-corrected chi connectivity index (χ1v) is 7.90. The normalized spacial score (nSPS) is 20.7. The van der Waals surface area contributed by atoms with Crippen LogP contribution >= 0.6 is 15.9 Å². The maximum Gasteiger partial charge on any atom is 0.416 e. The lowest BCUT2D eigenvalue weighted by atomic mass is 9.91. The molecule has 1 fully saturated rings. The third kappa shape index (κ3) is 4.20. The van der Waals surface area contributed by atoms with Gasteiger partial charge in [-0.15, -0.1) is 0 Å². The summed E-state index contributed by atoms with van der Waals surface area (Å²) in [5.41, 5.74) is 0.0525. The van der Waals surface area contributed by atoms with Crippen LogP contribution in [0.3, 0.4) is 0 Å². The summed E-state index contributed by atoms with van der Waals surface area (Å²) < 4.78 is 44.9. The van der Waals surface area contributed by atoms with E-state index in [9.17, 15) is 13.2 Å². The summed E-state index contributed by atoms with van der Waals surface area (Å²) in [4.78, 5) is 0. The second-order valence-corrected chi connectivity index (χ2v) is 6.14. The zero-order chi connectivity index (χ0) is 15.5. The van der Waals surface area contributed by atoms with Gasteiger partial charge in [0, 0.05) is 23.0 Å². The number of halogens is 4. The van der Waals surface area contributed by atoms with E-state index < -0.39 is 11.7 Å². The summed E-state index contributed by atoms with van der Waals surface area (Å²) in [5.74, 6) is 0.205. The Hall–Kier alpha value is -0.590. The highest BCUT2D eigenvalue weighted by molar-refractivity contribution is 9.10. The van der Waals surface area contributed by atoms with Gasteiger partial charge >= 0.3 is 6.18 Å². The van der Waals surface area contributed by atoms with E-state index in [2.05, 4.69) is 21.2 Å². The molecule has 0 spiro atoms. The first-order valence-electron chi connectivity index (χ1n) is 7.11. The molecule has 2 rings (SSSR count). The summed E-state index contributed by atoms with van der Waals surface area (Å²) >= 11 is 3.39. The van der Waals surface area contributed by atoms with Gasteiger partial charge in [-0.1, -0.05) is 22.9 Å². The van der Waals surface area contributed by atoms with Gasteiger partial charge in [0.25, 0.3) is 0 Å².